The van der Waals surface area contributed by atoms with Gasteiger partial charge in [-0.3, -0.25) is 0 Å². The first-order chi connectivity index (χ1) is 6.77. The summed E-state index contributed by atoms with van der Waals surface area (Å²) in [4.78, 5) is 7.96. The molecule has 1 aromatic carbocycles. The number of anilines is 1. The molecule has 0 bridgehead atoms. The monoisotopic (exact) mass is 187 g/mol. The van der Waals surface area contributed by atoms with Crippen LogP contribution in [0.4, 0.5) is 5.69 Å². The lowest BCUT2D eigenvalue weighted by atomic mass is 10.2. The zero-order chi connectivity index (χ0) is 10.4. The molecule has 0 radical (unpaired) electrons. The second-order valence-electron chi connectivity index (χ2n) is 2.72. The first kappa shape index (κ1) is 10.2. The Kier molecular flexibility index (Phi) is 3.61. The van der Waals surface area contributed by atoms with Crippen LogP contribution in [0.25, 0.3) is 0 Å². The molecule has 0 aliphatic rings. The van der Waals surface area contributed by atoms with Crippen molar-refractivity contribution in [2.75, 3.05) is 5.73 Å². The van der Waals surface area contributed by atoms with E-state index in [-0.39, 0.29) is 0 Å². The van der Waals surface area contributed by atoms with Crippen molar-refractivity contribution in [3.05, 3.63) is 42.1 Å². The van der Waals surface area contributed by atoms with E-state index in [9.17, 15) is 0 Å². The van der Waals surface area contributed by atoms with Crippen LogP contribution in [0.2, 0.25) is 0 Å². The van der Waals surface area contributed by atoms with Crippen LogP contribution in [0.15, 0.2) is 46.5 Å². The summed E-state index contributed by atoms with van der Waals surface area (Å²) in [5, 5.41) is 0. The number of benzene rings is 1. The topological polar surface area (TPSA) is 50.7 Å². The number of nitrogens with two attached hydrogens (primary N) is 1. The summed E-state index contributed by atoms with van der Waals surface area (Å²) in [6.07, 6.45) is 3.52. The third kappa shape index (κ3) is 2.55. The second-order valence-corrected chi connectivity index (χ2v) is 2.72. The molecule has 0 aromatic heterocycles. The Balaban J connectivity index is 3.01. The largest absolute Gasteiger partial charge is 0.399 e. The van der Waals surface area contributed by atoms with E-state index in [1.54, 1.807) is 6.20 Å². The molecule has 72 valence electrons. The Morgan fingerprint density at radius 2 is 2.00 bits per heavy atom. The summed E-state index contributed by atoms with van der Waals surface area (Å²) in [6.45, 7) is 5.36. The van der Waals surface area contributed by atoms with E-state index in [0.29, 0.717) is 5.84 Å². The normalized spacial score (nSPS) is 11.9. The maximum atomic E-state index is 5.57. The van der Waals surface area contributed by atoms with E-state index in [1.807, 2.05) is 37.3 Å². The average molecular weight is 187 g/mol. The van der Waals surface area contributed by atoms with Crippen LogP contribution >= 0.6 is 0 Å². The first-order valence-corrected chi connectivity index (χ1v) is 4.29. The van der Waals surface area contributed by atoms with Crippen molar-refractivity contribution in [1.82, 2.24) is 0 Å². The first-order valence-electron chi connectivity index (χ1n) is 4.29. The highest BCUT2D eigenvalue weighted by atomic mass is 14.9. The summed E-state index contributed by atoms with van der Waals surface area (Å²) < 4.78 is 0. The van der Waals surface area contributed by atoms with E-state index in [0.717, 1.165) is 11.3 Å². The average Bonchev–Trinajstić information content (AvgIpc) is 2.21. The van der Waals surface area contributed by atoms with Crippen molar-refractivity contribution in [2.24, 2.45) is 9.98 Å². The van der Waals surface area contributed by atoms with Crippen molar-refractivity contribution in [3.63, 3.8) is 0 Å². The van der Waals surface area contributed by atoms with Crippen LogP contribution in [0.5, 0.6) is 0 Å². The van der Waals surface area contributed by atoms with Gasteiger partial charge in [-0.15, -0.1) is 0 Å². The van der Waals surface area contributed by atoms with Gasteiger partial charge >= 0.3 is 0 Å². The number of hydrogen-bond donors (Lipinski definition) is 1. The van der Waals surface area contributed by atoms with Gasteiger partial charge in [0, 0.05) is 17.5 Å². The molecule has 0 amide bonds. The van der Waals surface area contributed by atoms with Crippen molar-refractivity contribution >= 4 is 18.2 Å². The molecule has 0 saturated heterocycles. The van der Waals surface area contributed by atoms with E-state index in [4.69, 9.17) is 5.73 Å². The molecule has 2 N–H and O–H groups in total. The molecule has 0 spiro atoms. The highest BCUT2D eigenvalue weighted by molar-refractivity contribution is 6.01. The van der Waals surface area contributed by atoms with E-state index in [1.165, 1.54) is 0 Å². The standard InChI is InChI=1S/C11H13N3/c1-3-8-14-11(13-2)9-4-6-10(12)7-5-9/h3-8H,2,12H2,1H3/b8-3-,14-11?. The van der Waals surface area contributed by atoms with Crippen LogP contribution in [-0.2, 0) is 0 Å². The van der Waals surface area contributed by atoms with E-state index in [2.05, 4.69) is 16.7 Å². The van der Waals surface area contributed by atoms with Crippen LogP contribution in [-0.4, -0.2) is 12.6 Å². The molecule has 3 nitrogen and oxygen atoms in total. The van der Waals surface area contributed by atoms with Gasteiger partial charge in [0.05, 0.1) is 0 Å². The number of hydrogen-bond acceptors (Lipinski definition) is 2. The van der Waals surface area contributed by atoms with Gasteiger partial charge in [-0.05, 0) is 37.9 Å². The Morgan fingerprint density at radius 3 is 2.50 bits per heavy atom. The predicted molar refractivity (Wildman–Crippen MR) is 61.8 cm³/mol. The molecule has 3 heteroatoms. The Morgan fingerprint density at radius 1 is 1.36 bits per heavy atom. The third-order valence-corrected chi connectivity index (χ3v) is 1.66. The second kappa shape index (κ2) is 4.97. The lowest BCUT2D eigenvalue weighted by Gasteiger charge is -1.99. The summed E-state index contributed by atoms with van der Waals surface area (Å²) in [7, 11) is 0. The highest BCUT2D eigenvalue weighted by Gasteiger charge is 1.98. The van der Waals surface area contributed by atoms with Crippen LogP contribution in [0.3, 0.4) is 0 Å². The molecule has 0 aliphatic heterocycles. The van der Waals surface area contributed by atoms with Crippen molar-refractivity contribution in [3.8, 4) is 0 Å². The number of rotatable bonds is 2. The van der Waals surface area contributed by atoms with Gasteiger partial charge in [0.15, 0.2) is 5.84 Å². The van der Waals surface area contributed by atoms with E-state index < -0.39 is 0 Å². The van der Waals surface area contributed by atoms with Crippen molar-refractivity contribution < 1.29 is 0 Å². The van der Waals surface area contributed by atoms with Crippen LogP contribution in [0.1, 0.15) is 12.5 Å². The lowest BCUT2D eigenvalue weighted by molar-refractivity contribution is 1.45. The zero-order valence-corrected chi connectivity index (χ0v) is 8.14. The molecule has 0 saturated carbocycles. The van der Waals surface area contributed by atoms with Gasteiger partial charge in [-0.2, -0.15) is 0 Å². The number of allylic oxidation sites excluding steroid dienone is 1. The molecule has 0 aliphatic carbocycles. The Bertz CT molecular complexity index is 361. The maximum absolute atomic E-state index is 5.57. The van der Waals surface area contributed by atoms with Gasteiger partial charge in [0.1, 0.15) is 0 Å². The molecule has 1 rings (SSSR count). The zero-order valence-electron chi connectivity index (χ0n) is 8.14. The molecule has 1 aromatic rings. The minimum atomic E-state index is 0.600. The van der Waals surface area contributed by atoms with Crippen molar-refractivity contribution in [2.45, 2.75) is 6.92 Å². The summed E-state index contributed by atoms with van der Waals surface area (Å²) in [5.41, 5.74) is 7.20. The van der Waals surface area contributed by atoms with Gasteiger partial charge in [0.2, 0.25) is 0 Å². The number of nitrogen functional groups attached to an aromatic ring is 1. The maximum Gasteiger partial charge on any atom is 0.158 e. The molecular weight excluding hydrogens is 174 g/mol. The Labute approximate surface area is 83.7 Å². The summed E-state index contributed by atoms with van der Waals surface area (Å²) in [5.74, 6) is 0.600. The minimum absolute atomic E-state index is 0.600. The smallest absolute Gasteiger partial charge is 0.158 e. The molecule has 0 heterocycles. The number of nitrogens with zero attached hydrogens (tertiary/aromatic N) is 2. The fourth-order valence-corrected chi connectivity index (χ4v) is 0.984. The van der Waals surface area contributed by atoms with Crippen LogP contribution < -0.4 is 5.73 Å². The SMILES string of the molecule is C=NC(=N/C=C\C)c1ccc(N)cc1. The molecular formula is C11H13N3. The quantitative estimate of drug-likeness (QED) is 0.431. The van der Waals surface area contributed by atoms with Gasteiger partial charge < -0.3 is 5.73 Å². The highest BCUT2D eigenvalue weighted by Crippen LogP contribution is 2.07. The van der Waals surface area contributed by atoms with Gasteiger partial charge in [-0.25, -0.2) is 9.98 Å². The summed E-state index contributed by atoms with van der Waals surface area (Å²) >= 11 is 0. The number of amidine groups is 1. The lowest BCUT2D eigenvalue weighted by Crippen LogP contribution is -1.96. The number of aliphatic imine (C=N–C) groups is 2. The Hall–Kier alpha value is -1.90. The molecule has 14 heavy (non-hydrogen) atoms. The molecule has 0 unspecified atom stereocenters. The molecule has 0 fully saturated rings. The molecule has 0 atom stereocenters. The summed E-state index contributed by atoms with van der Waals surface area (Å²) in [6, 6.07) is 7.36. The van der Waals surface area contributed by atoms with Crippen LogP contribution in [0, 0.1) is 0 Å². The fraction of sp³-hybridized carbons (Fsp3) is 0.0909. The van der Waals surface area contributed by atoms with Gasteiger partial charge in [-0.1, -0.05) is 6.08 Å². The van der Waals surface area contributed by atoms with Crippen molar-refractivity contribution in [1.29, 1.82) is 0 Å². The van der Waals surface area contributed by atoms with E-state index >= 15 is 0 Å². The third-order valence-electron chi connectivity index (χ3n) is 1.66. The van der Waals surface area contributed by atoms with Gasteiger partial charge in [0.25, 0.3) is 0 Å². The predicted octanol–water partition coefficient (Wildman–Crippen LogP) is 2.25. The fourth-order valence-electron chi connectivity index (χ4n) is 0.984. The minimum Gasteiger partial charge on any atom is -0.399 e.